The summed E-state index contributed by atoms with van der Waals surface area (Å²) in [7, 11) is -2.02. The van der Waals surface area contributed by atoms with E-state index < -0.39 is 8.07 Å². The standard InChI is InChI=1S/C56H39NSi/c1-58(2)55-33-37(36-14-4-3-5-15-36)24-27-48(55)49-28-26-41(34-56(49)58)57-35-53(51-31-39-17-7-9-19-43(39)45-21-11-13-23-47(45)51)52-32-40(25-29-54(52)57)50-30-38-16-6-8-18-42(38)44-20-10-12-22-46(44)50/h3-35H,1-2H3. The van der Waals surface area contributed by atoms with Gasteiger partial charge in [0, 0.05) is 22.8 Å². The van der Waals surface area contributed by atoms with Crippen LogP contribution in [-0.4, -0.2) is 12.6 Å². The maximum absolute atomic E-state index is 2.52. The molecule has 0 saturated carbocycles. The lowest BCUT2D eigenvalue weighted by atomic mass is 9.91. The van der Waals surface area contributed by atoms with Gasteiger partial charge in [0.15, 0.2) is 0 Å². The zero-order valence-corrected chi connectivity index (χ0v) is 33.5. The van der Waals surface area contributed by atoms with Gasteiger partial charge in [0.05, 0.1) is 5.52 Å². The summed E-state index contributed by atoms with van der Waals surface area (Å²) < 4.78 is 2.46. The quantitative estimate of drug-likeness (QED) is 0.125. The highest BCUT2D eigenvalue weighted by molar-refractivity contribution is 7.03. The van der Waals surface area contributed by atoms with Gasteiger partial charge in [-0.3, -0.25) is 0 Å². The third-order valence-electron chi connectivity index (χ3n) is 13.0. The van der Waals surface area contributed by atoms with Gasteiger partial charge in [-0.05, 0) is 129 Å². The molecule has 0 saturated heterocycles. The summed E-state index contributed by atoms with van der Waals surface area (Å²) >= 11 is 0. The second kappa shape index (κ2) is 12.5. The molecule has 0 spiro atoms. The largest absolute Gasteiger partial charge is 0.316 e. The Morgan fingerprint density at radius 2 is 0.862 bits per heavy atom. The molecule has 12 rings (SSSR count). The van der Waals surface area contributed by atoms with Gasteiger partial charge < -0.3 is 4.57 Å². The molecule has 0 bridgehead atoms. The molecule has 0 unspecified atom stereocenters. The van der Waals surface area contributed by atoms with E-state index in [9.17, 15) is 0 Å². The fourth-order valence-electron chi connectivity index (χ4n) is 10.1. The molecule has 0 amide bonds. The van der Waals surface area contributed by atoms with Crippen LogP contribution in [0.25, 0.3) is 104 Å². The number of hydrogen-bond acceptors (Lipinski definition) is 0. The normalized spacial score (nSPS) is 13.1. The van der Waals surface area contributed by atoms with Gasteiger partial charge in [-0.2, -0.15) is 0 Å². The minimum absolute atomic E-state index is 1.21. The zero-order valence-electron chi connectivity index (χ0n) is 32.5. The van der Waals surface area contributed by atoms with Crippen molar-refractivity contribution >= 4 is 72.4 Å². The topological polar surface area (TPSA) is 4.93 Å². The van der Waals surface area contributed by atoms with Crippen molar-refractivity contribution in [3.05, 3.63) is 200 Å². The van der Waals surface area contributed by atoms with Crippen LogP contribution >= 0.6 is 0 Å². The van der Waals surface area contributed by atoms with Crippen molar-refractivity contribution in [2.45, 2.75) is 13.1 Å². The maximum Gasteiger partial charge on any atom is 0.113 e. The monoisotopic (exact) mass is 753 g/mol. The van der Waals surface area contributed by atoms with Crippen LogP contribution in [0.2, 0.25) is 13.1 Å². The van der Waals surface area contributed by atoms with Gasteiger partial charge in [-0.25, -0.2) is 0 Å². The van der Waals surface area contributed by atoms with Crippen LogP contribution < -0.4 is 10.4 Å². The third-order valence-corrected chi connectivity index (χ3v) is 16.5. The fourth-order valence-corrected chi connectivity index (χ4v) is 13.2. The summed E-state index contributed by atoms with van der Waals surface area (Å²) in [6.45, 7) is 5.05. The number of aromatic nitrogens is 1. The minimum atomic E-state index is -2.02. The minimum Gasteiger partial charge on any atom is -0.316 e. The van der Waals surface area contributed by atoms with Crippen molar-refractivity contribution in [1.29, 1.82) is 0 Å². The van der Waals surface area contributed by atoms with E-state index in [1.165, 1.54) is 115 Å². The molecule has 1 aliphatic heterocycles. The molecule has 272 valence electrons. The van der Waals surface area contributed by atoms with Gasteiger partial charge >= 0.3 is 0 Å². The number of rotatable bonds is 4. The van der Waals surface area contributed by atoms with Crippen LogP contribution in [0.3, 0.4) is 0 Å². The van der Waals surface area contributed by atoms with Crippen molar-refractivity contribution in [1.82, 2.24) is 4.57 Å². The van der Waals surface area contributed by atoms with Gasteiger partial charge in [0.2, 0.25) is 0 Å². The Hall–Kier alpha value is -7.00. The van der Waals surface area contributed by atoms with Crippen molar-refractivity contribution in [3.8, 4) is 50.2 Å². The first kappa shape index (κ1) is 33.2. The average molecular weight is 754 g/mol. The fraction of sp³-hybridized carbons (Fsp3) is 0.0357. The Bertz CT molecular complexity index is 3480. The lowest BCUT2D eigenvalue weighted by molar-refractivity contribution is 1.13. The summed E-state index contributed by atoms with van der Waals surface area (Å²) in [6.07, 6.45) is 2.41. The van der Waals surface area contributed by atoms with Crippen LogP contribution in [0, 0.1) is 0 Å². The summed E-state index contributed by atoms with van der Waals surface area (Å²) in [6, 6.07) is 72.5. The Labute approximate surface area is 339 Å². The van der Waals surface area contributed by atoms with E-state index in [0.717, 1.165) is 0 Å². The smallest absolute Gasteiger partial charge is 0.113 e. The molecule has 0 fully saturated rings. The van der Waals surface area contributed by atoms with Gasteiger partial charge in [0.25, 0.3) is 0 Å². The van der Waals surface area contributed by atoms with E-state index in [0.29, 0.717) is 0 Å². The van der Waals surface area contributed by atoms with Crippen molar-refractivity contribution in [2.24, 2.45) is 0 Å². The number of fused-ring (bicyclic) bond motifs is 10. The molecule has 1 aromatic heterocycles. The molecule has 58 heavy (non-hydrogen) atoms. The SMILES string of the molecule is C[Si]1(C)c2cc(-c3ccccc3)ccc2-c2ccc(-n3cc(-c4cc5ccccc5c5ccccc45)c4cc(-c5cc6ccccc6c6ccccc56)ccc43)cc21. The number of benzene rings is 10. The average Bonchev–Trinajstić information content (AvgIpc) is 3.77. The van der Waals surface area contributed by atoms with E-state index in [-0.39, 0.29) is 0 Å². The van der Waals surface area contributed by atoms with Crippen molar-refractivity contribution < 1.29 is 0 Å². The predicted molar refractivity (Wildman–Crippen MR) is 252 cm³/mol. The first-order valence-electron chi connectivity index (χ1n) is 20.3. The highest BCUT2D eigenvalue weighted by atomic mass is 28.3. The Morgan fingerprint density at radius 3 is 1.55 bits per heavy atom. The Morgan fingerprint density at radius 1 is 0.328 bits per heavy atom. The highest BCUT2D eigenvalue weighted by Crippen LogP contribution is 2.43. The first-order chi connectivity index (χ1) is 28.5. The molecule has 0 atom stereocenters. The molecule has 0 aliphatic carbocycles. The summed E-state index contributed by atoms with van der Waals surface area (Å²) in [5, 5.41) is 14.5. The first-order valence-corrected chi connectivity index (χ1v) is 23.3. The van der Waals surface area contributed by atoms with E-state index in [2.05, 4.69) is 218 Å². The van der Waals surface area contributed by atoms with Gasteiger partial charge in [-0.1, -0.05) is 171 Å². The van der Waals surface area contributed by atoms with E-state index in [4.69, 9.17) is 0 Å². The molecule has 0 N–H and O–H groups in total. The molecule has 2 heteroatoms. The van der Waals surface area contributed by atoms with Crippen LogP contribution in [0.4, 0.5) is 0 Å². The molecule has 10 aromatic carbocycles. The second-order valence-electron chi connectivity index (χ2n) is 16.5. The molecule has 0 radical (unpaired) electrons. The summed E-state index contributed by atoms with van der Waals surface area (Å²) in [5.74, 6) is 0. The summed E-state index contributed by atoms with van der Waals surface area (Å²) in [4.78, 5) is 0. The lowest BCUT2D eigenvalue weighted by Crippen LogP contribution is -2.49. The third kappa shape index (κ3) is 4.89. The molecular weight excluding hydrogens is 715 g/mol. The molecule has 11 aromatic rings. The van der Waals surface area contributed by atoms with Gasteiger partial charge in [0.1, 0.15) is 8.07 Å². The van der Waals surface area contributed by atoms with E-state index in [1.54, 1.807) is 0 Å². The lowest BCUT2D eigenvalue weighted by Gasteiger charge is -2.20. The molecule has 1 nitrogen and oxygen atoms in total. The second-order valence-corrected chi connectivity index (χ2v) is 20.8. The predicted octanol–water partition coefficient (Wildman–Crippen LogP) is 14.0. The molecular formula is C56H39NSi. The van der Waals surface area contributed by atoms with Crippen LogP contribution in [0.1, 0.15) is 0 Å². The Balaban J connectivity index is 1.09. The summed E-state index contributed by atoms with van der Waals surface area (Å²) in [5.41, 5.74) is 12.8. The highest BCUT2D eigenvalue weighted by Gasteiger charge is 2.38. The van der Waals surface area contributed by atoms with Crippen LogP contribution in [0.5, 0.6) is 0 Å². The van der Waals surface area contributed by atoms with E-state index in [1.807, 2.05) is 0 Å². The van der Waals surface area contributed by atoms with E-state index >= 15 is 0 Å². The maximum atomic E-state index is 2.52. The molecule has 1 aliphatic rings. The molecule has 2 heterocycles. The zero-order chi connectivity index (χ0) is 38.5. The number of nitrogens with zero attached hydrogens (tertiary/aromatic N) is 1. The van der Waals surface area contributed by atoms with Crippen LogP contribution in [0.15, 0.2) is 200 Å². The van der Waals surface area contributed by atoms with Crippen molar-refractivity contribution in [2.75, 3.05) is 0 Å². The van der Waals surface area contributed by atoms with Crippen LogP contribution in [-0.2, 0) is 0 Å². The van der Waals surface area contributed by atoms with Gasteiger partial charge in [-0.15, -0.1) is 0 Å². The number of hydrogen-bond donors (Lipinski definition) is 0. The Kier molecular flexibility index (Phi) is 7.15. The van der Waals surface area contributed by atoms with Crippen molar-refractivity contribution in [3.63, 3.8) is 0 Å².